The van der Waals surface area contributed by atoms with Crippen LogP contribution in [0, 0.1) is 0 Å². The third kappa shape index (κ3) is 5.56. The van der Waals surface area contributed by atoms with Gasteiger partial charge in [-0.05, 0) is 0 Å². The average molecular weight is 444 g/mol. The Morgan fingerprint density at radius 1 is 0.519 bits per heavy atom. The van der Waals surface area contributed by atoms with Gasteiger partial charge in [0.2, 0.25) is 0 Å². The van der Waals surface area contributed by atoms with Gasteiger partial charge in [0.05, 0.1) is 0 Å². The van der Waals surface area contributed by atoms with Crippen LogP contribution in [0.3, 0.4) is 0 Å². The van der Waals surface area contributed by atoms with E-state index in [1.54, 1.807) is 1.07 Å². The van der Waals surface area contributed by atoms with Gasteiger partial charge in [-0.1, -0.05) is 0 Å². The number of hydrogen-bond acceptors (Lipinski definition) is 0. The minimum atomic E-state index is -1.39. The molecule has 2 nitrogen and oxygen atoms in total. The summed E-state index contributed by atoms with van der Waals surface area (Å²) in [5.41, 5.74) is 6.30. The van der Waals surface area contributed by atoms with E-state index in [2.05, 4.69) is 105 Å². The first-order valence-corrected chi connectivity index (χ1v) is 13.8. The van der Waals surface area contributed by atoms with E-state index in [0.29, 0.717) is 0 Å². The van der Waals surface area contributed by atoms with Gasteiger partial charge in [0.25, 0.3) is 0 Å². The molecule has 0 bridgehead atoms. The second-order valence-electron chi connectivity index (χ2n) is 12.3. The Morgan fingerprint density at radius 2 is 0.815 bits per heavy atom. The van der Waals surface area contributed by atoms with Crippen molar-refractivity contribution in [3.63, 3.8) is 0 Å². The zero-order valence-corrected chi connectivity index (χ0v) is 23.3. The summed E-state index contributed by atoms with van der Waals surface area (Å²) in [5, 5.41) is 0. The fraction of sp³-hybridized carbons (Fsp3) is 0.667. The first-order chi connectivity index (χ1) is 11.9. The Hall–Kier alpha value is 0.0405. The second kappa shape index (κ2) is 7.38. The molecule has 0 atom stereocenters. The molecule has 0 aromatic carbocycles. The predicted octanol–water partition coefficient (Wildman–Crippen LogP) is 5.19. The van der Waals surface area contributed by atoms with Gasteiger partial charge in [-0.25, -0.2) is 0 Å². The molecule has 0 aliphatic carbocycles. The van der Waals surface area contributed by atoms with E-state index < -0.39 is 41.0 Å². The number of hydrogen-bond donors (Lipinski definition) is 2. The molecule has 0 radical (unpaired) electrons. The van der Waals surface area contributed by atoms with Crippen LogP contribution in [0.2, 0.25) is 0 Å². The van der Waals surface area contributed by atoms with E-state index in [1.165, 1.54) is 22.8 Å². The fourth-order valence-corrected chi connectivity index (χ4v) is 10.0. The Bertz CT molecular complexity index is 725. The molecule has 0 saturated heterocycles. The third-order valence-electron chi connectivity index (χ3n) is 5.30. The summed E-state index contributed by atoms with van der Waals surface area (Å²) in [6.45, 7) is 27.8. The van der Waals surface area contributed by atoms with Crippen molar-refractivity contribution in [2.24, 2.45) is 0 Å². The van der Waals surface area contributed by atoms with Gasteiger partial charge >= 0.3 is 192 Å². The van der Waals surface area contributed by atoms with Crippen molar-refractivity contribution in [3.8, 4) is 0 Å². The Morgan fingerprint density at radius 3 is 1.04 bits per heavy atom. The molecule has 148 valence electrons. The standard InChI is InChI=1S/2C12H20N.Sr/c2*1-11(2,3)9-7-8-10(13-9)12(4,5)6;/h2*7,13H,1-6H3;. The normalized spacial score (nSPS) is 13.8. The molecule has 2 heterocycles. The topological polar surface area (TPSA) is 31.6 Å². The maximum absolute atomic E-state index is 3.82. The van der Waals surface area contributed by atoms with Crippen LogP contribution in [0.1, 0.15) is 106 Å². The zero-order chi connectivity index (χ0) is 21.0. The molecule has 0 saturated carbocycles. The van der Waals surface area contributed by atoms with Crippen LogP contribution in [0.25, 0.3) is 0 Å². The van der Waals surface area contributed by atoms with E-state index in [0.717, 1.165) is 0 Å². The van der Waals surface area contributed by atoms with Gasteiger partial charge in [0.1, 0.15) is 0 Å². The molecule has 3 heteroatoms. The van der Waals surface area contributed by atoms with Crippen molar-refractivity contribution in [1.82, 2.24) is 9.97 Å². The number of H-pyrrole nitrogens is 2. The first-order valence-electron chi connectivity index (χ1n) is 10.4. The van der Waals surface area contributed by atoms with Crippen LogP contribution in [0.4, 0.5) is 0 Å². The van der Waals surface area contributed by atoms with E-state index in [4.69, 9.17) is 0 Å². The van der Waals surface area contributed by atoms with E-state index in [1.807, 2.05) is 0 Å². The van der Waals surface area contributed by atoms with Gasteiger partial charge in [-0.15, -0.1) is 0 Å². The Labute approximate surface area is 190 Å². The van der Waals surface area contributed by atoms with Gasteiger partial charge in [0.15, 0.2) is 0 Å². The maximum atomic E-state index is 3.82. The van der Waals surface area contributed by atoms with Gasteiger partial charge < -0.3 is 0 Å². The molecule has 2 aromatic rings. The van der Waals surface area contributed by atoms with Crippen LogP contribution < -0.4 is 1.07 Å². The Kier molecular flexibility index (Phi) is 6.37. The molecule has 2 rings (SSSR count). The van der Waals surface area contributed by atoms with Crippen molar-refractivity contribution >= 4 is 42.1 Å². The summed E-state index contributed by atoms with van der Waals surface area (Å²) in [6.07, 6.45) is 0. The SMILES string of the molecule is CC(C)(C)c1c[c]([Sr][c]2cc(C(C)(C)C)[nH]c2C(C)(C)C)c(C(C)(C)C)[nH]1. The molecule has 0 amide bonds. The van der Waals surface area contributed by atoms with Crippen LogP contribution in [-0.2, 0) is 21.7 Å². The van der Waals surface area contributed by atoms with Crippen molar-refractivity contribution in [2.45, 2.75) is 105 Å². The monoisotopic (exact) mass is 444 g/mol. The van der Waals surface area contributed by atoms with Crippen molar-refractivity contribution in [1.29, 1.82) is 0 Å². The molecule has 27 heavy (non-hydrogen) atoms. The van der Waals surface area contributed by atoms with E-state index in [9.17, 15) is 0 Å². The van der Waals surface area contributed by atoms with Crippen molar-refractivity contribution in [2.75, 3.05) is 0 Å². The quantitative estimate of drug-likeness (QED) is 0.598. The number of aromatic amines is 2. The van der Waals surface area contributed by atoms with Gasteiger partial charge in [-0.2, -0.15) is 0 Å². The Balaban J connectivity index is 2.60. The van der Waals surface area contributed by atoms with Crippen molar-refractivity contribution in [3.05, 3.63) is 34.9 Å². The first kappa shape index (κ1) is 23.3. The minimum absolute atomic E-state index is 0.154. The molecule has 0 aliphatic rings. The van der Waals surface area contributed by atoms with Crippen LogP contribution in [-0.4, -0.2) is 51.0 Å². The summed E-state index contributed by atoms with van der Waals surface area (Å²) in [7, 11) is 0. The molecule has 2 N–H and O–H groups in total. The molecular weight excluding hydrogens is 404 g/mol. The van der Waals surface area contributed by atoms with E-state index >= 15 is 0 Å². The molecule has 0 unspecified atom stereocenters. The second-order valence-corrected chi connectivity index (χ2v) is 17.0. The van der Waals surface area contributed by atoms with E-state index in [-0.39, 0.29) is 21.7 Å². The molecule has 0 spiro atoms. The van der Waals surface area contributed by atoms with Crippen LogP contribution >= 0.6 is 0 Å². The molecule has 0 aliphatic heterocycles. The van der Waals surface area contributed by atoms with Gasteiger partial charge in [-0.3, -0.25) is 0 Å². The summed E-state index contributed by atoms with van der Waals surface area (Å²) in [6, 6.07) is 4.99. The summed E-state index contributed by atoms with van der Waals surface area (Å²) >= 11 is -1.39. The number of nitrogens with one attached hydrogen (secondary N) is 2. The molecular formula is C24H40N2Sr. The molecule has 2 aromatic heterocycles. The van der Waals surface area contributed by atoms with Crippen LogP contribution in [0.15, 0.2) is 12.1 Å². The third-order valence-corrected chi connectivity index (χ3v) is 9.91. The number of rotatable bonds is 2. The predicted molar refractivity (Wildman–Crippen MR) is 121 cm³/mol. The summed E-state index contributed by atoms with van der Waals surface area (Å²) in [5.74, 6) is 0. The van der Waals surface area contributed by atoms with Crippen LogP contribution in [0.5, 0.6) is 0 Å². The summed E-state index contributed by atoms with van der Waals surface area (Å²) in [4.78, 5) is 7.64. The zero-order valence-electron chi connectivity index (χ0n) is 19.9. The van der Waals surface area contributed by atoms with Gasteiger partial charge in [0, 0.05) is 0 Å². The summed E-state index contributed by atoms with van der Waals surface area (Å²) < 4.78 is 3.28. The fourth-order valence-electron chi connectivity index (χ4n) is 3.63. The van der Waals surface area contributed by atoms with Crippen molar-refractivity contribution < 1.29 is 0 Å². The molecule has 0 fully saturated rings. The average Bonchev–Trinajstić information content (AvgIpc) is 3.00. The number of aromatic nitrogens is 2.